The number of hydrogen-bond donors (Lipinski definition) is 2. The fraction of sp³-hybridized carbons (Fsp3) is 0.222. The van der Waals surface area contributed by atoms with Gasteiger partial charge in [-0.25, -0.2) is 15.0 Å². The molecule has 2 aliphatic carbocycles. The van der Waals surface area contributed by atoms with Crippen molar-refractivity contribution in [3.63, 3.8) is 0 Å². The van der Waals surface area contributed by atoms with Gasteiger partial charge in [0.15, 0.2) is 5.65 Å². The van der Waals surface area contributed by atoms with Crippen LogP contribution in [0.3, 0.4) is 0 Å². The number of pyridine rings is 1. The number of benzene rings is 2. The molecule has 2 saturated carbocycles. The van der Waals surface area contributed by atoms with Crippen LogP contribution in [0.1, 0.15) is 25.7 Å². The lowest BCUT2D eigenvalue weighted by atomic mass is 10.0. The second-order valence-electron chi connectivity index (χ2n) is 9.09. The molecule has 0 saturated heterocycles. The molecule has 2 aromatic carbocycles. The lowest BCUT2D eigenvalue weighted by Crippen LogP contribution is -2.06. The first kappa shape index (κ1) is 18.6. The van der Waals surface area contributed by atoms with E-state index in [1.807, 2.05) is 12.3 Å². The monoisotopic (exact) mass is 432 g/mol. The smallest absolute Gasteiger partial charge is 0.223 e. The predicted octanol–water partition coefficient (Wildman–Crippen LogP) is 5.76. The van der Waals surface area contributed by atoms with Crippen LogP contribution >= 0.6 is 0 Å². The number of hydrogen-bond acceptors (Lipinski definition) is 5. The molecule has 0 bridgehead atoms. The Hall–Kier alpha value is -3.93. The highest BCUT2D eigenvalue weighted by Gasteiger charge is 2.25. The number of anilines is 2. The van der Waals surface area contributed by atoms with Crippen molar-refractivity contribution in [1.82, 2.24) is 19.4 Å². The zero-order valence-electron chi connectivity index (χ0n) is 18.2. The third-order valence-electron chi connectivity index (χ3n) is 6.42. The molecule has 2 fully saturated rings. The Labute approximate surface area is 191 Å². The van der Waals surface area contributed by atoms with Gasteiger partial charge in [-0.2, -0.15) is 0 Å². The predicted molar refractivity (Wildman–Crippen MR) is 132 cm³/mol. The minimum absolute atomic E-state index is 0.497. The second kappa shape index (κ2) is 7.30. The molecule has 33 heavy (non-hydrogen) atoms. The molecular formula is C27H24N6. The Balaban J connectivity index is 1.45. The van der Waals surface area contributed by atoms with Gasteiger partial charge in [-0.05, 0) is 60.7 Å². The quantitative estimate of drug-likeness (QED) is 0.357. The first-order valence-electron chi connectivity index (χ1n) is 11.7. The normalized spacial score (nSPS) is 15.8. The largest absolute Gasteiger partial charge is 0.379 e. The highest BCUT2D eigenvalue weighted by atomic mass is 15.1. The van der Waals surface area contributed by atoms with Gasteiger partial charge in [0, 0.05) is 30.0 Å². The Kier molecular flexibility index (Phi) is 4.12. The maximum absolute atomic E-state index is 5.17. The lowest BCUT2D eigenvalue weighted by Gasteiger charge is -2.09. The van der Waals surface area contributed by atoms with Crippen molar-refractivity contribution in [3.05, 3.63) is 73.1 Å². The van der Waals surface area contributed by atoms with Crippen LogP contribution in [0, 0.1) is 0 Å². The average Bonchev–Trinajstić information content (AvgIpc) is 3.78. The summed E-state index contributed by atoms with van der Waals surface area (Å²) in [6, 6.07) is 22.2. The minimum Gasteiger partial charge on any atom is -0.379 e. The van der Waals surface area contributed by atoms with E-state index in [2.05, 4.69) is 80.8 Å². The van der Waals surface area contributed by atoms with Crippen molar-refractivity contribution in [1.29, 1.82) is 0 Å². The van der Waals surface area contributed by atoms with Crippen LogP contribution < -0.4 is 10.6 Å². The van der Waals surface area contributed by atoms with E-state index in [0.29, 0.717) is 18.0 Å². The molecule has 0 amide bonds. The van der Waals surface area contributed by atoms with Crippen LogP contribution in [-0.4, -0.2) is 31.4 Å². The third-order valence-corrected chi connectivity index (χ3v) is 6.42. The van der Waals surface area contributed by atoms with E-state index in [-0.39, 0.29) is 0 Å². The SMILES string of the molecule is c1ccc2cc(-c3nc4c(NC5CC5)cccn4c3-c3ccnc(NC4CC4)n3)ccc2c1. The summed E-state index contributed by atoms with van der Waals surface area (Å²) < 4.78 is 2.17. The molecule has 3 aromatic heterocycles. The first-order valence-corrected chi connectivity index (χ1v) is 11.7. The van der Waals surface area contributed by atoms with Crippen LogP contribution in [0.15, 0.2) is 73.1 Å². The van der Waals surface area contributed by atoms with Crippen molar-refractivity contribution in [3.8, 4) is 22.6 Å². The summed E-state index contributed by atoms with van der Waals surface area (Å²) in [5.41, 5.74) is 5.87. The first-order chi connectivity index (χ1) is 16.3. The molecule has 5 aromatic rings. The van der Waals surface area contributed by atoms with Gasteiger partial charge in [0.2, 0.25) is 5.95 Å². The molecule has 0 atom stereocenters. The molecule has 6 nitrogen and oxygen atoms in total. The zero-order chi connectivity index (χ0) is 21.8. The fourth-order valence-corrected chi connectivity index (χ4v) is 4.38. The number of nitrogens with zero attached hydrogens (tertiary/aromatic N) is 4. The molecule has 0 unspecified atom stereocenters. The number of aromatic nitrogens is 4. The van der Waals surface area contributed by atoms with E-state index in [1.54, 1.807) is 0 Å². The molecular weight excluding hydrogens is 408 g/mol. The van der Waals surface area contributed by atoms with E-state index in [4.69, 9.17) is 9.97 Å². The summed E-state index contributed by atoms with van der Waals surface area (Å²) in [4.78, 5) is 14.5. The summed E-state index contributed by atoms with van der Waals surface area (Å²) in [5.74, 6) is 0.682. The molecule has 3 heterocycles. The van der Waals surface area contributed by atoms with E-state index in [1.165, 1.54) is 36.5 Å². The minimum atomic E-state index is 0.497. The molecule has 162 valence electrons. The van der Waals surface area contributed by atoms with Gasteiger partial charge >= 0.3 is 0 Å². The molecule has 2 aliphatic rings. The van der Waals surface area contributed by atoms with E-state index in [9.17, 15) is 0 Å². The Morgan fingerprint density at radius 2 is 1.61 bits per heavy atom. The Morgan fingerprint density at radius 1 is 0.788 bits per heavy atom. The van der Waals surface area contributed by atoms with Gasteiger partial charge in [-0.3, -0.25) is 4.40 Å². The highest BCUT2D eigenvalue weighted by Crippen LogP contribution is 2.36. The van der Waals surface area contributed by atoms with Crippen LogP contribution in [0.25, 0.3) is 39.1 Å². The molecule has 0 aliphatic heterocycles. The van der Waals surface area contributed by atoms with Crippen molar-refractivity contribution in [2.45, 2.75) is 37.8 Å². The second-order valence-corrected chi connectivity index (χ2v) is 9.09. The Morgan fingerprint density at radius 3 is 2.45 bits per heavy atom. The third kappa shape index (κ3) is 3.48. The van der Waals surface area contributed by atoms with E-state index in [0.717, 1.165) is 34.0 Å². The average molecular weight is 433 g/mol. The van der Waals surface area contributed by atoms with Crippen LogP contribution in [0.2, 0.25) is 0 Å². The summed E-state index contributed by atoms with van der Waals surface area (Å²) in [5, 5.41) is 9.51. The summed E-state index contributed by atoms with van der Waals surface area (Å²) >= 11 is 0. The summed E-state index contributed by atoms with van der Waals surface area (Å²) in [6.07, 6.45) is 8.71. The molecule has 6 heteroatoms. The summed E-state index contributed by atoms with van der Waals surface area (Å²) in [6.45, 7) is 0. The number of fused-ring (bicyclic) bond motifs is 2. The van der Waals surface area contributed by atoms with Gasteiger partial charge in [-0.15, -0.1) is 0 Å². The topological polar surface area (TPSA) is 67.1 Å². The Bertz CT molecular complexity index is 1500. The molecule has 0 radical (unpaired) electrons. The van der Waals surface area contributed by atoms with Gasteiger partial charge in [0.25, 0.3) is 0 Å². The number of imidazole rings is 1. The van der Waals surface area contributed by atoms with Crippen molar-refractivity contribution in [2.75, 3.05) is 10.6 Å². The van der Waals surface area contributed by atoms with Crippen molar-refractivity contribution in [2.24, 2.45) is 0 Å². The molecule has 0 spiro atoms. The van der Waals surface area contributed by atoms with Gasteiger partial charge in [0.05, 0.1) is 22.8 Å². The van der Waals surface area contributed by atoms with Crippen LogP contribution in [0.5, 0.6) is 0 Å². The maximum atomic E-state index is 5.17. The van der Waals surface area contributed by atoms with Crippen LogP contribution in [-0.2, 0) is 0 Å². The number of rotatable bonds is 6. The van der Waals surface area contributed by atoms with E-state index < -0.39 is 0 Å². The van der Waals surface area contributed by atoms with Gasteiger partial charge in [-0.1, -0.05) is 36.4 Å². The standard InChI is InChI=1S/C27H24N6/c1-2-5-18-16-19(8-7-17(18)4-1)24-25(22-13-14-28-27(31-22)30-21-11-12-21)33-15-3-6-23(26(33)32-24)29-20-9-10-20/h1-8,13-16,20-21,29H,9-12H2,(H,28,30,31). The maximum Gasteiger partial charge on any atom is 0.223 e. The van der Waals surface area contributed by atoms with Crippen molar-refractivity contribution >= 4 is 28.1 Å². The molecule has 2 N–H and O–H groups in total. The van der Waals surface area contributed by atoms with Gasteiger partial charge < -0.3 is 10.6 Å². The van der Waals surface area contributed by atoms with Crippen molar-refractivity contribution < 1.29 is 0 Å². The summed E-state index contributed by atoms with van der Waals surface area (Å²) in [7, 11) is 0. The van der Waals surface area contributed by atoms with E-state index >= 15 is 0 Å². The van der Waals surface area contributed by atoms with Crippen LogP contribution in [0.4, 0.5) is 11.6 Å². The van der Waals surface area contributed by atoms with Gasteiger partial charge in [0.1, 0.15) is 0 Å². The highest BCUT2D eigenvalue weighted by molar-refractivity contribution is 5.91. The number of nitrogens with one attached hydrogen (secondary N) is 2. The lowest BCUT2D eigenvalue weighted by molar-refractivity contribution is 1.05. The fourth-order valence-electron chi connectivity index (χ4n) is 4.38. The zero-order valence-corrected chi connectivity index (χ0v) is 18.2. The molecule has 7 rings (SSSR count).